The third-order valence-corrected chi connectivity index (χ3v) is 2.16. The van der Waals surface area contributed by atoms with Crippen LogP contribution in [0.15, 0.2) is 23.9 Å². The smallest absolute Gasteiger partial charge is 0.119 e. The maximum atomic E-state index is 5.63. The summed E-state index contributed by atoms with van der Waals surface area (Å²) in [6.45, 7) is 1.84. The van der Waals surface area contributed by atoms with E-state index in [-0.39, 0.29) is 0 Å². The molecule has 3 N–H and O–H groups in total. The Bertz CT molecular complexity index is 510. The summed E-state index contributed by atoms with van der Waals surface area (Å²) in [6.07, 6.45) is 1.86. The standard InChI is InChI=1S/C11H13N3O/c1-7(12)5-11-9-6-8(15-2)3-4-10(9)13-14-11/h3-6H,12H2,1-2H3,(H,13,14)/b7-5+. The Morgan fingerprint density at radius 1 is 1.53 bits per heavy atom. The van der Waals surface area contributed by atoms with Crippen molar-refractivity contribution in [2.24, 2.45) is 5.73 Å². The molecule has 0 fully saturated rings. The minimum Gasteiger partial charge on any atom is -0.497 e. The van der Waals surface area contributed by atoms with Gasteiger partial charge in [0.25, 0.3) is 0 Å². The monoisotopic (exact) mass is 203 g/mol. The molecule has 0 saturated heterocycles. The maximum absolute atomic E-state index is 5.63. The fourth-order valence-electron chi connectivity index (χ4n) is 1.47. The summed E-state index contributed by atoms with van der Waals surface area (Å²) in [5, 5.41) is 8.11. The van der Waals surface area contributed by atoms with Crippen LogP contribution in [0.1, 0.15) is 12.6 Å². The Hall–Kier alpha value is -1.97. The van der Waals surface area contributed by atoms with Gasteiger partial charge in [-0.2, -0.15) is 5.10 Å². The summed E-state index contributed by atoms with van der Waals surface area (Å²) in [7, 11) is 1.64. The molecule has 2 aromatic rings. The molecule has 0 aliphatic rings. The third kappa shape index (κ3) is 1.79. The molecular weight excluding hydrogens is 190 g/mol. The van der Waals surface area contributed by atoms with Crippen LogP contribution in [0.2, 0.25) is 0 Å². The van der Waals surface area contributed by atoms with Gasteiger partial charge in [-0.1, -0.05) is 0 Å². The molecular formula is C11H13N3O. The van der Waals surface area contributed by atoms with Crippen LogP contribution in [0.4, 0.5) is 0 Å². The molecule has 2 rings (SSSR count). The van der Waals surface area contributed by atoms with Gasteiger partial charge in [0, 0.05) is 11.1 Å². The predicted octanol–water partition coefficient (Wildman–Crippen LogP) is 1.89. The number of rotatable bonds is 2. The Kier molecular flexibility index (Phi) is 2.33. The van der Waals surface area contributed by atoms with E-state index in [4.69, 9.17) is 10.5 Å². The lowest BCUT2D eigenvalue weighted by Crippen LogP contribution is -1.89. The highest BCUT2D eigenvalue weighted by atomic mass is 16.5. The first kappa shape index (κ1) is 9.58. The van der Waals surface area contributed by atoms with Crippen molar-refractivity contribution in [2.75, 3.05) is 7.11 Å². The highest BCUT2D eigenvalue weighted by Gasteiger charge is 2.04. The Labute approximate surface area is 87.7 Å². The number of ether oxygens (including phenoxy) is 1. The molecule has 4 heteroatoms. The van der Waals surface area contributed by atoms with Gasteiger partial charge in [0.05, 0.1) is 18.3 Å². The number of nitrogens with zero attached hydrogens (tertiary/aromatic N) is 1. The molecule has 4 nitrogen and oxygen atoms in total. The van der Waals surface area contributed by atoms with E-state index in [1.807, 2.05) is 31.2 Å². The summed E-state index contributed by atoms with van der Waals surface area (Å²) in [5.41, 5.74) is 8.18. The zero-order valence-electron chi connectivity index (χ0n) is 8.74. The summed E-state index contributed by atoms with van der Waals surface area (Å²) >= 11 is 0. The number of nitrogens with one attached hydrogen (secondary N) is 1. The normalized spacial score (nSPS) is 12.0. The summed E-state index contributed by atoms with van der Waals surface area (Å²) in [6, 6.07) is 5.73. The van der Waals surface area contributed by atoms with Gasteiger partial charge < -0.3 is 10.5 Å². The molecule has 1 heterocycles. The van der Waals surface area contributed by atoms with Crippen LogP contribution in [0.25, 0.3) is 17.0 Å². The first-order chi connectivity index (χ1) is 7.20. The summed E-state index contributed by atoms with van der Waals surface area (Å²) in [5.74, 6) is 0.813. The average Bonchev–Trinajstić information content (AvgIpc) is 2.60. The van der Waals surface area contributed by atoms with Gasteiger partial charge >= 0.3 is 0 Å². The largest absolute Gasteiger partial charge is 0.497 e. The molecule has 0 aliphatic heterocycles. The number of aromatic amines is 1. The Morgan fingerprint density at radius 3 is 3.00 bits per heavy atom. The van der Waals surface area contributed by atoms with E-state index in [2.05, 4.69) is 10.2 Å². The topological polar surface area (TPSA) is 63.9 Å². The van der Waals surface area contributed by atoms with E-state index in [0.29, 0.717) is 0 Å². The number of methoxy groups -OCH3 is 1. The highest BCUT2D eigenvalue weighted by molar-refractivity contribution is 5.88. The Morgan fingerprint density at radius 2 is 2.33 bits per heavy atom. The quantitative estimate of drug-likeness (QED) is 0.783. The van der Waals surface area contributed by atoms with Gasteiger partial charge in [-0.15, -0.1) is 0 Å². The number of hydrogen-bond donors (Lipinski definition) is 2. The number of allylic oxidation sites excluding steroid dienone is 1. The molecule has 0 unspecified atom stereocenters. The molecule has 0 aliphatic carbocycles. The molecule has 1 aromatic carbocycles. The highest BCUT2D eigenvalue weighted by Crippen LogP contribution is 2.22. The summed E-state index contributed by atoms with van der Waals surface area (Å²) in [4.78, 5) is 0. The summed E-state index contributed by atoms with van der Waals surface area (Å²) < 4.78 is 5.16. The van der Waals surface area contributed by atoms with Crippen LogP contribution in [0, 0.1) is 0 Å². The Balaban J connectivity index is 2.61. The number of benzene rings is 1. The molecule has 0 bridgehead atoms. The van der Waals surface area contributed by atoms with E-state index in [9.17, 15) is 0 Å². The predicted molar refractivity (Wildman–Crippen MR) is 60.5 cm³/mol. The van der Waals surface area contributed by atoms with Gasteiger partial charge in [-0.3, -0.25) is 5.10 Å². The first-order valence-electron chi connectivity index (χ1n) is 4.66. The molecule has 1 aromatic heterocycles. The van der Waals surface area contributed by atoms with Crippen LogP contribution in [0.5, 0.6) is 5.75 Å². The minimum atomic E-state index is 0.739. The van der Waals surface area contributed by atoms with Gasteiger partial charge in [0.2, 0.25) is 0 Å². The molecule has 0 atom stereocenters. The fourth-order valence-corrected chi connectivity index (χ4v) is 1.47. The zero-order valence-corrected chi connectivity index (χ0v) is 8.74. The number of hydrogen-bond acceptors (Lipinski definition) is 3. The van der Waals surface area contributed by atoms with Crippen LogP contribution < -0.4 is 10.5 Å². The molecule has 0 saturated carbocycles. The number of fused-ring (bicyclic) bond motifs is 1. The third-order valence-electron chi connectivity index (χ3n) is 2.16. The molecule has 0 amide bonds. The van der Waals surface area contributed by atoms with E-state index in [0.717, 1.165) is 28.0 Å². The van der Waals surface area contributed by atoms with E-state index < -0.39 is 0 Å². The van der Waals surface area contributed by atoms with E-state index >= 15 is 0 Å². The van der Waals surface area contributed by atoms with Crippen molar-refractivity contribution in [2.45, 2.75) is 6.92 Å². The van der Waals surface area contributed by atoms with Crippen molar-refractivity contribution in [3.05, 3.63) is 29.6 Å². The fraction of sp³-hybridized carbons (Fsp3) is 0.182. The number of aromatic nitrogens is 2. The van der Waals surface area contributed by atoms with Gasteiger partial charge in [0.1, 0.15) is 5.75 Å². The van der Waals surface area contributed by atoms with E-state index in [1.54, 1.807) is 7.11 Å². The van der Waals surface area contributed by atoms with Crippen LogP contribution in [-0.2, 0) is 0 Å². The second kappa shape index (κ2) is 3.65. The van der Waals surface area contributed by atoms with Crippen molar-refractivity contribution in [1.82, 2.24) is 10.2 Å². The second-order valence-corrected chi connectivity index (χ2v) is 3.41. The molecule has 15 heavy (non-hydrogen) atoms. The number of H-pyrrole nitrogens is 1. The van der Waals surface area contributed by atoms with Crippen LogP contribution >= 0.6 is 0 Å². The van der Waals surface area contributed by atoms with Crippen molar-refractivity contribution >= 4 is 17.0 Å². The molecule has 0 spiro atoms. The minimum absolute atomic E-state index is 0.739. The van der Waals surface area contributed by atoms with Crippen LogP contribution in [-0.4, -0.2) is 17.3 Å². The van der Waals surface area contributed by atoms with Crippen molar-refractivity contribution in [3.63, 3.8) is 0 Å². The van der Waals surface area contributed by atoms with Crippen molar-refractivity contribution < 1.29 is 4.74 Å². The lowest BCUT2D eigenvalue weighted by Gasteiger charge is -1.98. The SMILES string of the molecule is COc1ccc2n[nH]c(/C=C(\C)N)c2c1. The zero-order chi connectivity index (χ0) is 10.8. The molecule has 0 radical (unpaired) electrons. The van der Waals surface area contributed by atoms with Gasteiger partial charge in [0.15, 0.2) is 0 Å². The average molecular weight is 203 g/mol. The van der Waals surface area contributed by atoms with Crippen LogP contribution in [0.3, 0.4) is 0 Å². The van der Waals surface area contributed by atoms with Gasteiger partial charge in [-0.25, -0.2) is 0 Å². The maximum Gasteiger partial charge on any atom is 0.119 e. The lowest BCUT2D eigenvalue weighted by atomic mass is 10.2. The molecule has 78 valence electrons. The van der Waals surface area contributed by atoms with Crippen molar-refractivity contribution in [1.29, 1.82) is 0 Å². The van der Waals surface area contributed by atoms with Crippen molar-refractivity contribution in [3.8, 4) is 5.75 Å². The lowest BCUT2D eigenvalue weighted by molar-refractivity contribution is 0.415. The van der Waals surface area contributed by atoms with E-state index in [1.165, 1.54) is 0 Å². The first-order valence-corrected chi connectivity index (χ1v) is 4.66. The number of nitrogens with two attached hydrogens (primary N) is 1. The van der Waals surface area contributed by atoms with Gasteiger partial charge in [-0.05, 0) is 31.2 Å². The second-order valence-electron chi connectivity index (χ2n) is 3.41.